The maximum absolute atomic E-state index is 12.5. The summed E-state index contributed by atoms with van der Waals surface area (Å²) >= 11 is 0. The molecule has 0 bridgehead atoms. The minimum absolute atomic E-state index is 0.0698. The molecule has 0 aromatic heterocycles. The molecule has 4 heteroatoms. The zero-order chi connectivity index (χ0) is 13.2. The summed E-state index contributed by atoms with van der Waals surface area (Å²) in [5, 5.41) is 3.58. The van der Waals surface area contributed by atoms with E-state index in [9.17, 15) is 4.79 Å². The number of hydrogen-bond donors (Lipinski definition) is 1. The number of amides is 1. The Balaban J connectivity index is 1.52. The van der Waals surface area contributed by atoms with E-state index in [4.69, 9.17) is 4.74 Å². The quantitative estimate of drug-likeness (QED) is 0.839. The van der Waals surface area contributed by atoms with Gasteiger partial charge in [0, 0.05) is 32.2 Å². The van der Waals surface area contributed by atoms with Gasteiger partial charge < -0.3 is 15.0 Å². The highest BCUT2D eigenvalue weighted by Crippen LogP contribution is 2.33. The van der Waals surface area contributed by atoms with Gasteiger partial charge in [0.05, 0.1) is 12.6 Å². The van der Waals surface area contributed by atoms with Crippen molar-refractivity contribution in [2.75, 3.05) is 26.8 Å². The van der Waals surface area contributed by atoms with Crippen LogP contribution in [0.1, 0.15) is 38.5 Å². The fourth-order valence-electron chi connectivity index (χ4n) is 3.98. The number of hydrogen-bond acceptors (Lipinski definition) is 3. The summed E-state index contributed by atoms with van der Waals surface area (Å²) in [6.07, 6.45) is 7.38. The number of likely N-dealkylation sites (N-methyl/N-ethyl adjacent to an activating group) is 1. The van der Waals surface area contributed by atoms with Gasteiger partial charge in [-0.05, 0) is 31.6 Å². The van der Waals surface area contributed by atoms with E-state index in [-0.39, 0.29) is 6.04 Å². The summed E-state index contributed by atoms with van der Waals surface area (Å²) in [4.78, 5) is 14.4. The predicted octanol–water partition coefficient (Wildman–Crippen LogP) is 1.40. The first kappa shape index (κ1) is 13.4. The van der Waals surface area contributed by atoms with Crippen molar-refractivity contribution in [3.05, 3.63) is 0 Å². The Morgan fingerprint density at radius 2 is 2.16 bits per heavy atom. The molecule has 2 aliphatic heterocycles. The van der Waals surface area contributed by atoms with E-state index in [0.29, 0.717) is 17.9 Å². The molecular formula is C15H26N2O2. The largest absolute Gasteiger partial charge is 0.381 e. The lowest BCUT2D eigenvalue weighted by Crippen LogP contribution is -2.45. The fourth-order valence-corrected chi connectivity index (χ4v) is 3.98. The Kier molecular flexibility index (Phi) is 4.08. The van der Waals surface area contributed by atoms with E-state index in [1.807, 2.05) is 11.9 Å². The number of fused-ring (bicyclic) bond motifs is 1. The maximum Gasteiger partial charge on any atom is 0.239 e. The Morgan fingerprint density at radius 3 is 2.89 bits per heavy atom. The van der Waals surface area contributed by atoms with Gasteiger partial charge in [0.15, 0.2) is 0 Å². The molecule has 1 N–H and O–H groups in total. The van der Waals surface area contributed by atoms with E-state index in [0.717, 1.165) is 38.5 Å². The van der Waals surface area contributed by atoms with Crippen LogP contribution in [0.4, 0.5) is 0 Å². The first-order valence-corrected chi connectivity index (χ1v) is 7.83. The highest BCUT2D eigenvalue weighted by Gasteiger charge is 2.39. The summed E-state index contributed by atoms with van der Waals surface area (Å²) in [6.45, 7) is 2.53. The maximum atomic E-state index is 12.5. The third kappa shape index (κ3) is 2.95. The highest BCUT2D eigenvalue weighted by molar-refractivity contribution is 5.82. The standard InChI is InChI=1S/C15H26N2O2/c1-17(9-11-6-7-19-10-11)15(18)14-8-12-4-2-3-5-13(12)16-14/h11-14,16H,2-10H2,1H3. The Hall–Kier alpha value is -0.610. The fraction of sp³-hybridized carbons (Fsp3) is 0.933. The van der Waals surface area contributed by atoms with Crippen molar-refractivity contribution in [2.45, 2.75) is 50.6 Å². The summed E-state index contributed by atoms with van der Waals surface area (Å²) in [6, 6.07) is 0.673. The summed E-state index contributed by atoms with van der Waals surface area (Å²) in [5.41, 5.74) is 0. The Morgan fingerprint density at radius 1 is 1.32 bits per heavy atom. The molecule has 3 fully saturated rings. The van der Waals surface area contributed by atoms with Crippen LogP contribution in [0.25, 0.3) is 0 Å². The van der Waals surface area contributed by atoms with Gasteiger partial charge in [-0.1, -0.05) is 12.8 Å². The topological polar surface area (TPSA) is 41.6 Å². The van der Waals surface area contributed by atoms with E-state index in [2.05, 4.69) is 5.32 Å². The van der Waals surface area contributed by atoms with E-state index in [1.54, 1.807) is 0 Å². The number of carbonyl (C=O) groups excluding carboxylic acids is 1. The summed E-state index contributed by atoms with van der Waals surface area (Å²) < 4.78 is 5.39. The number of carbonyl (C=O) groups is 1. The molecule has 3 rings (SSSR count). The van der Waals surface area contributed by atoms with Crippen LogP contribution in [0.2, 0.25) is 0 Å². The molecule has 2 heterocycles. The molecular weight excluding hydrogens is 240 g/mol. The van der Waals surface area contributed by atoms with Crippen LogP contribution in [0.15, 0.2) is 0 Å². The van der Waals surface area contributed by atoms with Crippen molar-refractivity contribution in [2.24, 2.45) is 11.8 Å². The van der Waals surface area contributed by atoms with Crippen LogP contribution in [0, 0.1) is 11.8 Å². The van der Waals surface area contributed by atoms with Crippen LogP contribution in [0.5, 0.6) is 0 Å². The van der Waals surface area contributed by atoms with Gasteiger partial charge in [0.1, 0.15) is 0 Å². The third-order valence-corrected chi connectivity index (χ3v) is 5.09. The number of nitrogens with one attached hydrogen (secondary N) is 1. The van der Waals surface area contributed by atoms with Gasteiger partial charge in [-0.3, -0.25) is 4.79 Å². The summed E-state index contributed by atoms with van der Waals surface area (Å²) in [5.74, 6) is 1.57. The van der Waals surface area contributed by atoms with Gasteiger partial charge in [-0.15, -0.1) is 0 Å². The van der Waals surface area contributed by atoms with Crippen molar-refractivity contribution >= 4 is 5.91 Å². The summed E-state index contributed by atoms with van der Waals surface area (Å²) in [7, 11) is 1.95. The molecule has 4 nitrogen and oxygen atoms in total. The third-order valence-electron chi connectivity index (χ3n) is 5.09. The Bertz CT molecular complexity index is 314. The van der Waals surface area contributed by atoms with Gasteiger partial charge >= 0.3 is 0 Å². The first-order valence-electron chi connectivity index (χ1n) is 7.83. The minimum Gasteiger partial charge on any atom is -0.381 e. The van der Waals surface area contributed by atoms with Gasteiger partial charge in [-0.2, -0.15) is 0 Å². The van der Waals surface area contributed by atoms with Crippen LogP contribution in [0.3, 0.4) is 0 Å². The molecule has 4 unspecified atom stereocenters. The van der Waals surface area contributed by atoms with E-state index in [1.165, 1.54) is 25.7 Å². The van der Waals surface area contributed by atoms with Crippen LogP contribution < -0.4 is 5.32 Å². The van der Waals surface area contributed by atoms with E-state index >= 15 is 0 Å². The Labute approximate surface area is 115 Å². The molecule has 4 atom stereocenters. The predicted molar refractivity (Wildman–Crippen MR) is 73.8 cm³/mol. The number of ether oxygens (including phenoxy) is 1. The number of nitrogens with zero attached hydrogens (tertiary/aromatic N) is 1. The molecule has 0 spiro atoms. The monoisotopic (exact) mass is 266 g/mol. The molecule has 0 aromatic carbocycles. The normalized spacial score (nSPS) is 38.2. The molecule has 1 aliphatic carbocycles. The van der Waals surface area contributed by atoms with Crippen LogP contribution in [-0.2, 0) is 9.53 Å². The van der Waals surface area contributed by atoms with Crippen molar-refractivity contribution in [1.82, 2.24) is 10.2 Å². The zero-order valence-electron chi connectivity index (χ0n) is 11.9. The smallest absolute Gasteiger partial charge is 0.239 e. The first-order chi connectivity index (χ1) is 9.24. The lowest BCUT2D eigenvalue weighted by atomic mass is 9.85. The molecule has 108 valence electrons. The molecule has 2 saturated heterocycles. The zero-order valence-corrected chi connectivity index (χ0v) is 11.9. The number of rotatable bonds is 3. The minimum atomic E-state index is 0.0698. The van der Waals surface area contributed by atoms with E-state index < -0.39 is 0 Å². The SMILES string of the molecule is CN(CC1CCOC1)C(=O)C1CC2CCCCC2N1. The average Bonchev–Trinajstić information content (AvgIpc) is 3.05. The highest BCUT2D eigenvalue weighted by atomic mass is 16.5. The van der Waals surface area contributed by atoms with Crippen molar-refractivity contribution in [3.8, 4) is 0 Å². The van der Waals surface area contributed by atoms with Crippen molar-refractivity contribution < 1.29 is 9.53 Å². The molecule has 1 amide bonds. The second-order valence-electron chi connectivity index (χ2n) is 6.55. The lowest BCUT2D eigenvalue weighted by molar-refractivity contribution is -0.132. The van der Waals surface area contributed by atoms with Crippen LogP contribution >= 0.6 is 0 Å². The molecule has 0 radical (unpaired) electrons. The van der Waals surface area contributed by atoms with Crippen molar-refractivity contribution in [3.63, 3.8) is 0 Å². The van der Waals surface area contributed by atoms with Gasteiger partial charge in [-0.25, -0.2) is 0 Å². The van der Waals surface area contributed by atoms with Gasteiger partial charge in [0.25, 0.3) is 0 Å². The van der Waals surface area contributed by atoms with Gasteiger partial charge in [0.2, 0.25) is 5.91 Å². The lowest BCUT2D eigenvalue weighted by Gasteiger charge is -2.25. The molecule has 3 aliphatic rings. The molecule has 1 saturated carbocycles. The second-order valence-corrected chi connectivity index (χ2v) is 6.55. The second kappa shape index (κ2) is 5.80. The molecule has 0 aromatic rings. The molecule has 19 heavy (non-hydrogen) atoms. The van der Waals surface area contributed by atoms with Crippen LogP contribution in [-0.4, -0.2) is 49.7 Å². The van der Waals surface area contributed by atoms with Crippen molar-refractivity contribution in [1.29, 1.82) is 0 Å². The average molecular weight is 266 g/mol.